The monoisotopic (exact) mass is 510 g/mol. The molecule has 0 spiro atoms. The minimum atomic E-state index is -0.0543. The Morgan fingerprint density at radius 3 is 2.34 bits per heavy atom. The van der Waals surface area contributed by atoms with Crippen LogP contribution in [0.5, 0.6) is 5.75 Å². The van der Waals surface area contributed by atoms with Crippen molar-refractivity contribution in [3.8, 4) is 22.9 Å². The highest BCUT2D eigenvalue weighted by atomic mass is 16.5. The molecule has 198 valence electrons. The molecule has 1 aliphatic heterocycles. The Hall–Kier alpha value is -3.82. The van der Waals surface area contributed by atoms with Crippen molar-refractivity contribution in [2.24, 2.45) is 0 Å². The minimum Gasteiger partial charge on any atom is -0.497 e. The molecule has 3 aromatic rings. The van der Waals surface area contributed by atoms with E-state index in [1.807, 2.05) is 31.2 Å². The first-order valence-electron chi connectivity index (χ1n) is 13.6. The molecule has 1 amide bonds. The number of benzene rings is 3. The van der Waals surface area contributed by atoms with Crippen molar-refractivity contribution >= 4 is 11.6 Å². The molecular weight excluding hydrogens is 472 g/mol. The van der Waals surface area contributed by atoms with Crippen molar-refractivity contribution < 1.29 is 9.53 Å². The molecule has 38 heavy (non-hydrogen) atoms. The summed E-state index contributed by atoms with van der Waals surface area (Å²) in [7, 11) is 1.70. The Morgan fingerprint density at radius 1 is 0.947 bits per heavy atom. The third-order valence-corrected chi connectivity index (χ3v) is 7.31. The van der Waals surface area contributed by atoms with Gasteiger partial charge in [0, 0.05) is 43.9 Å². The van der Waals surface area contributed by atoms with Gasteiger partial charge in [-0.25, -0.2) is 0 Å². The SMILES string of the molecule is COc1ccc(-c2ccccc2N2CCN(CCCCCC(=O)N[C@@H](C)c3ccc(C#N)cc3)CC2)cc1. The van der Waals surface area contributed by atoms with Crippen molar-refractivity contribution in [3.63, 3.8) is 0 Å². The van der Waals surface area contributed by atoms with Gasteiger partial charge in [-0.2, -0.15) is 5.26 Å². The zero-order valence-electron chi connectivity index (χ0n) is 22.5. The Kier molecular flexibility index (Phi) is 9.77. The molecule has 4 rings (SSSR count). The Labute approximate surface area is 226 Å². The van der Waals surface area contributed by atoms with E-state index in [1.54, 1.807) is 19.2 Å². The lowest BCUT2D eigenvalue weighted by atomic mass is 10.0. The van der Waals surface area contributed by atoms with E-state index in [9.17, 15) is 4.79 Å². The van der Waals surface area contributed by atoms with Crippen LogP contribution in [0, 0.1) is 11.3 Å². The van der Waals surface area contributed by atoms with Crippen molar-refractivity contribution in [2.75, 3.05) is 44.7 Å². The molecule has 1 N–H and O–H groups in total. The van der Waals surface area contributed by atoms with E-state index in [4.69, 9.17) is 10.00 Å². The maximum atomic E-state index is 12.4. The second-order valence-electron chi connectivity index (χ2n) is 9.91. The number of carbonyl (C=O) groups is 1. The predicted octanol–water partition coefficient (Wildman–Crippen LogP) is 5.79. The third-order valence-electron chi connectivity index (χ3n) is 7.31. The minimum absolute atomic E-state index is 0.0543. The summed E-state index contributed by atoms with van der Waals surface area (Å²) in [5.41, 5.74) is 5.41. The van der Waals surface area contributed by atoms with Crippen LogP contribution in [0.15, 0.2) is 72.8 Å². The van der Waals surface area contributed by atoms with Crippen molar-refractivity contribution in [2.45, 2.75) is 38.6 Å². The molecule has 0 radical (unpaired) electrons. The molecule has 6 heteroatoms. The van der Waals surface area contributed by atoms with Gasteiger partial charge in [0.15, 0.2) is 0 Å². The number of nitriles is 1. The number of methoxy groups -OCH3 is 1. The predicted molar refractivity (Wildman–Crippen MR) is 153 cm³/mol. The fraction of sp³-hybridized carbons (Fsp3) is 0.375. The second-order valence-corrected chi connectivity index (χ2v) is 9.91. The van der Waals surface area contributed by atoms with Crippen LogP contribution in [0.25, 0.3) is 11.1 Å². The first-order valence-corrected chi connectivity index (χ1v) is 13.6. The van der Waals surface area contributed by atoms with Crippen molar-refractivity contribution in [3.05, 3.63) is 83.9 Å². The number of anilines is 1. The molecular formula is C32H38N4O2. The van der Waals surface area contributed by atoms with Crippen LogP contribution in [0.4, 0.5) is 5.69 Å². The molecule has 1 atom stereocenters. The quantitative estimate of drug-likeness (QED) is 0.331. The largest absolute Gasteiger partial charge is 0.497 e. The smallest absolute Gasteiger partial charge is 0.220 e. The molecule has 0 aliphatic carbocycles. The fourth-order valence-corrected chi connectivity index (χ4v) is 5.02. The van der Waals surface area contributed by atoms with Gasteiger partial charge in [-0.1, -0.05) is 48.9 Å². The number of para-hydroxylation sites is 1. The third kappa shape index (κ3) is 7.36. The molecule has 1 heterocycles. The molecule has 0 aromatic heterocycles. The summed E-state index contributed by atoms with van der Waals surface area (Å²) in [5.74, 6) is 0.962. The number of carbonyl (C=O) groups excluding carboxylic acids is 1. The summed E-state index contributed by atoms with van der Waals surface area (Å²) in [6.07, 6.45) is 3.62. The highest BCUT2D eigenvalue weighted by Crippen LogP contribution is 2.32. The fourth-order valence-electron chi connectivity index (χ4n) is 5.02. The number of nitrogens with zero attached hydrogens (tertiary/aromatic N) is 3. The van der Waals surface area contributed by atoms with E-state index in [2.05, 4.69) is 57.6 Å². The second kappa shape index (κ2) is 13.6. The van der Waals surface area contributed by atoms with Gasteiger partial charge in [-0.15, -0.1) is 0 Å². The lowest BCUT2D eigenvalue weighted by Crippen LogP contribution is -2.46. The van der Waals surface area contributed by atoms with Crippen molar-refractivity contribution in [1.82, 2.24) is 10.2 Å². The number of piperazine rings is 1. The average molecular weight is 511 g/mol. The van der Waals surface area contributed by atoms with Crippen LogP contribution in [-0.4, -0.2) is 50.6 Å². The van der Waals surface area contributed by atoms with Gasteiger partial charge < -0.3 is 15.0 Å². The van der Waals surface area contributed by atoms with E-state index in [1.165, 1.54) is 16.8 Å². The van der Waals surface area contributed by atoms with Crippen LogP contribution in [0.2, 0.25) is 0 Å². The molecule has 6 nitrogen and oxygen atoms in total. The van der Waals surface area contributed by atoms with E-state index >= 15 is 0 Å². The molecule has 0 saturated carbocycles. The van der Waals surface area contributed by atoms with Gasteiger partial charge >= 0.3 is 0 Å². The molecule has 1 fully saturated rings. The van der Waals surface area contributed by atoms with Crippen LogP contribution < -0.4 is 15.0 Å². The molecule has 3 aromatic carbocycles. The lowest BCUT2D eigenvalue weighted by molar-refractivity contribution is -0.121. The van der Waals surface area contributed by atoms with Crippen molar-refractivity contribution in [1.29, 1.82) is 5.26 Å². The summed E-state index contributed by atoms with van der Waals surface area (Å²) in [6.45, 7) is 7.20. The number of amides is 1. The number of unbranched alkanes of at least 4 members (excludes halogenated alkanes) is 2. The van der Waals surface area contributed by atoms with E-state index in [0.29, 0.717) is 12.0 Å². The summed E-state index contributed by atoms with van der Waals surface area (Å²) >= 11 is 0. The summed E-state index contributed by atoms with van der Waals surface area (Å²) in [6, 6.07) is 26.4. The highest BCUT2D eigenvalue weighted by molar-refractivity contribution is 5.79. The Bertz CT molecular complexity index is 1210. The Balaban J connectivity index is 1.15. The highest BCUT2D eigenvalue weighted by Gasteiger charge is 2.19. The van der Waals surface area contributed by atoms with Gasteiger partial charge in [0.25, 0.3) is 0 Å². The average Bonchev–Trinajstić information content (AvgIpc) is 2.97. The number of nitrogens with one attached hydrogen (secondary N) is 1. The van der Waals surface area contributed by atoms with E-state index < -0.39 is 0 Å². The van der Waals surface area contributed by atoms with Crippen LogP contribution in [-0.2, 0) is 4.79 Å². The van der Waals surface area contributed by atoms with Crippen LogP contribution in [0.3, 0.4) is 0 Å². The summed E-state index contributed by atoms with van der Waals surface area (Å²) in [4.78, 5) is 17.4. The first kappa shape index (κ1) is 27.2. The number of ether oxygens (including phenoxy) is 1. The Morgan fingerprint density at radius 2 is 1.66 bits per heavy atom. The lowest BCUT2D eigenvalue weighted by Gasteiger charge is -2.37. The molecule has 1 saturated heterocycles. The first-order chi connectivity index (χ1) is 18.6. The molecule has 0 unspecified atom stereocenters. The zero-order valence-corrected chi connectivity index (χ0v) is 22.5. The van der Waals surface area contributed by atoms with Gasteiger partial charge in [0.05, 0.1) is 24.8 Å². The van der Waals surface area contributed by atoms with Gasteiger partial charge in [-0.3, -0.25) is 9.69 Å². The maximum Gasteiger partial charge on any atom is 0.220 e. The van der Waals surface area contributed by atoms with Gasteiger partial charge in [-0.05, 0) is 67.8 Å². The number of rotatable bonds is 11. The number of hydrogen-bond donors (Lipinski definition) is 1. The molecule has 0 bridgehead atoms. The summed E-state index contributed by atoms with van der Waals surface area (Å²) < 4.78 is 5.32. The van der Waals surface area contributed by atoms with E-state index in [-0.39, 0.29) is 11.9 Å². The maximum absolute atomic E-state index is 12.4. The van der Waals surface area contributed by atoms with E-state index in [0.717, 1.165) is 63.3 Å². The topological polar surface area (TPSA) is 68.6 Å². The van der Waals surface area contributed by atoms with Gasteiger partial charge in [0.2, 0.25) is 5.91 Å². The van der Waals surface area contributed by atoms with Gasteiger partial charge in [0.1, 0.15) is 5.75 Å². The standard InChI is InChI=1S/C32H38N4O2/c1-25(27-13-11-26(24-33)12-14-27)34-32(37)10-4-3-7-19-35-20-22-36(23-21-35)31-9-6-5-8-30(31)28-15-17-29(38-2)18-16-28/h5-6,8-9,11-18,25H,3-4,7,10,19-23H2,1-2H3,(H,34,37)/t25-/m0/s1. The summed E-state index contributed by atoms with van der Waals surface area (Å²) in [5, 5.41) is 12.0. The normalized spacial score (nSPS) is 14.5. The molecule has 1 aliphatic rings. The number of hydrogen-bond acceptors (Lipinski definition) is 5. The van der Waals surface area contributed by atoms with Crippen LogP contribution >= 0.6 is 0 Å². The zero-order chi connectivity index (χ0) is 26.7. The van der Waals surface area contributed by atoms with Crippen LogP contribution in [0.1, 0.15) is 49.8 Å².